The van der Waals surface area contributed by atoms with Gasteiger partial charge in [0, 0.05) is 42.7 Å². The maximum absolute atomic E-state index is 13.1. The zero-order valence-electron chi connectivity index (χ0n) is 15.4. The first kappa shape index (κ1) is 20.8. The number of aromatic carboxylic acids is 1. The monoisotopic (exact) mass is 423 g/mol. The van der Waals surface area contributed by atoms with Crippen molar-refractivity contribution in [2.45, 2.75) is 36.2 Å². The van der Waals surface area contributed by atoms with Gasteiger partial charge in [-0.3, -0.25) is 4.79 Å². The predicted molar refractivity (Wildman–Crippen MR) is 107 cm³/mol. The molecule has 0 aliphatic carbocycles. The molecule has 0 saturated carbocycles. The van der Waals surface area contributed by atoms with Gasteiger partial charge >= 0.3 is 5.97 Å². The number of benzene rings is 1. The molecule has 2 aromatic rings. The number of nitrogens with one attached hydrogen (secondary N) is 1. The molecular formula is C19H22FN3O3S2. The van der Waals surface area contributed by atoms with Crippen molar-refractivity contribution in [2.24, 2.45) is 0 Å². The highest BCUT2D eigenvalue weighted by molar-refractivity contribution is 8.01. The van der Waals surface area contributed by atoms with Gasteiger partial charge in [0.05, 0.1) is 0 Å². The fourth-order valence-corrected chi connectivity index (χ4v) is 4.96. The highest BCUT2D eigenvalue weighted by Gasteiger charge is 2.30. The van der Waals surface area contributed by atoms with Crippen LogP contribution in [0.4, 0.5) is 4.39 Å². The Morgan fingerprint density at radius 3 is 2.89 bits per heavy atom. The van der Waals surface area contributed by atoms with E-state index in [9.17, 15) is 14.0 Å². The van der Waals surface area contributed by atoms with Gasteiger partial charge in [0.1, 0.15) is 5.82 Å². The maximum Gasteiger partial charge on any atom is 0.355 e. The summed E-state index contributed by atoms with van der Waals surface area (Å²) in [5, 5.41) is 13.9. The van der Waals surface area contributed by atoms with Gasteiger partial charge in [-0.1, -0.05) is 23.9 Å². The number of carbonyl (C=O) groups is 2. The molecule has 2 N–H and O–H groups in total. The van der Waals surface area contributed by atoms with Gasteiger partial charge < -0.3 is 15.3 Å². The molecular weight excluding hydrogens is 401 g/mol. The minimum Gasteiger partial charge on any atom is -0.476 e. The van der Waals surface area contributed by atoms with Crippen molar-refractivity contribution in [2.75, 3.05) is 18.8 Å². The van der Waals surface area contributed by atoms with E-state index in [-0.39, 0.29) is 29.5 Å². The SMILES string of the molecule is CC(NCC1CCC(=O)N1CCSc1nc(C(=O)O)cs1)c1ccc(F)cc1. The Morgan fingerprint density at radius 1 is 1.46 bits per heavy atom. The van der Waals surface area contributed by atoms with Gasteiger partial charge in [-0.05, 0) is 31.0 Å². The van der Waals surface area contributed by atoms with Crippen LogP contribution < -0.4 is 5.32 Å². The van der Waals surface area contributed by atoms with Crippen molar-refractivity contribution in [1.82, 2.24) is 15.2 Å². The van der Waals surface area contributed by atoms with Crippen molar-refractivity contribution < 1.29 is 19.1 Å². The number of hydrogen-bond donors (Lipinski definition) is 2. The summed E-state index contributed by atoms with van der Waals surface area (Å²) in [4.78, 5) is 29.1. The van der Waals surface area contributed by atoms with Crippen molar-refractivity contribution in [3.8, 4) is 0 Å². The molecule has 2 heterocycles. The molecule has 150 valence electrons. The van der Waals surface area contributed by atoms with Gasteiger partial charge in [-0.15, -0.1) is 11.3 Å². The second-order valence-electron chi connectivity index (χ2n) is 6.61. The molecule has 1 aromatic carbocycles. The summed E-state index contributed by atoms with van der Waals surface area (Å²) in [7, 11) is 0. The average molecular weight is 424 g/mol. The van der Waals surface area contributed by atoms with Crippen LogP contribution >= 0.6 is 23.1 Å². The molecule has 1 amide bonds. The number of carboxylic acids is 1. The van der Waals surface area contributed by atoms with Crippen LogP contribution in [0.2, 0.25) is 0 Å². The number of amides is 1. The number of nitrogens with zero attached hydrogens (tertiary/aromatic N) is 2. The summed E-state index contributed by atoms with van der Waals surface area (Å²) in [5.41, 5.74) is 1.06. The first-order valence-electron chi connectivity index (χ1n) is 9.04. The van der Waals surface area contributed by atoms with E-state index in [1.165, 1.54) is 40.6 Å². The van der Waals surface area contributed by atoms with Crippen LogP contribution in [0, 0.1) is 5.82 Å². The molecule has 1 aromatic heterocycles. The number of thiazole rings is 1. The highest BCUT2D eigenvalue weighted by Crippen LogP contribution is 2.25. The molecule has 1 aliphatic rings. The van der Waals surface area contributed by atoms with Gasteiger partial charge in [0.2, 0.25) is 5.91 Å². The van der Waals surface area contributed by atoms with Gasteiger partial charge in [-0.2, -0.15) is 0 Å². The summed E-state index contributed by atoms with van der Waals surface area (Å²) in [6, 6.07) is 6.62. The fraction of sp³-hybridized carbons (Fsp3) is 0.421. The van der Waals surface area contributed by atoms with Crippen molar-refractivity contribution in [3.05, 3.63) is 46.7 Å². The zero-order chi connectivity index (χ0) is 20.1. The van der Waals surface area contributed by atoms with E-state index in [4.69, 9.17) is 5.11 Å². The third kappa shape index (κ3) is 5.30. The van der Waals surface area contributed by atoms with Crippen LogP contribution in [0.1, 0.15) is 41.9 Å². The van der Waals surface area contributed by atoms with Crippen LogP contribution in [0.25, 0.3) is 0 Å². The van der Waals surface area contributed by atoms with Crippen LogP contribution in [-0.4, -0.2) is 51.8 Å². The number of carboxylic acid groups (broad SMARTS) is 1. The standard InChI is InChI=1S/C19H22FN3O3S2/c1-12(13-2-4-14(20)5-3-13)21-10-15-6-7-17(24)23(15)8-9-27-19-22-16(11-28-19)18(25)26/h2-5,11-12,15,21H,6-10H2,1H3,(H,25,26). The summed E-state index contributed by atoms with van der Waals surface area (Å²) in [6.45, 7) is 3.30. The van der Waals surface area contributed by atoms with E-state index in [0.717, 1.165) is 12.0 Å². The molecule has 6 nitrogen and oxygen atoms in total. The molecule has 0 radical (unpaired) electrons. The average Bonchev–Trinajstić information content (AvgIpc) is 3.28. The lowest BCUT2D eigenvalue weighted by molar-refractivity contribution is -0.128. The molecule has 2 atom stereocenters. The van der Waals surface area contributed by atoms with Gasteiger partial charge in [0.25, 0.3) is 0 Å². The molecule has 2 unspecified atom stereocenters. The number of hydrogen-bond acceptors (Lipinski definition) is 6. The maximum atomic E-state index is 13.1. The summed E-state index contributed by atoms with van der Waals surface area (Å²) < 4.78 is 13.8. The topological polar surface area (TPSA) is 82.5 Å². The lowest BCUT2D eigenvalue weighted by Gasteiger charge is -2.26. The van der Waals surface area contributed by atoms with Gasteiger partial charge in [-0.25, -0.2) is 14.2 Å². The first-order valence-corrected chi connectivity index (χ1v) is 10.9. The van der Waals surface area contributed by atoms with Crippen molar-refractivity contribution in [3.63, 3.8) is 0 Å². The first-order chi connectivity index (χ1) is 13.4. The van der Waals surface area contributed by atoms with E-state index in [2.05, 4.69) is 10.3 Å². The number of aromatic nitrogens is 1. The van der Waals surface area contributed by atoms with E-state index in [1.807, 2.05) is 11.8 Å². The third-order valence-electron chi connectivity index (χ3n) is 4.74. The lowest BCUT2D eigenvalue weighted by atomic mass is 10.1. The second kappa shape index (κ2) is 9.49. The molecule has 28 heavy (non-hydrogen) atoms. The number of likely N-dealkylation sites (tertiary alicyclic amines) is 1. The summed E-state index contributed by atoms with van der Waals surface area (Å²) in [5.74, 6) is -0.467. The Hall–Kier alpha value is -1.97. The molecule has 1 aliphatic heterocycles. The van der Waals surface area contributed by atoms with Crippen molar-refractivity contribution in [1.29, 1.82) is 0 Å². The minimum atomic E-state index is -1.03. The van der Waals surface area contributed by atoms with Crippen LogP contribution in [0.3, 0.4) is 0 Å². The van der Waals surface area contributed by atoms with E-state index < -0.39 is 5.97 Å². The largest absolute Gasteiger partial charge is 0.476 e. The van der Waals surface area contributed by atoms with E-state index >= 15 is 0 Å². The van der Waals surface area contributed by atoms with Crippen LogP contribution in [0.5, 0.6) is 0 Å². The number of carbonyl (C=O) groups excluding carboxylic acids is 1. The van der Waals surface area contributed by atoms with Crippen molar-refractivity contribution >= 4 is 35.0 Å². The quantitative estimate of drug-likeness (QED) is 0.602. The number of thioether (sulfide) groups is 1. The second-order valence-corrected chi connectivity index (χ2v) is 8.81. The number of rotatable bonds is 9. The third-order valence-corrected chi connectivity index (χ3v) is 6.74. The number of halogens is 1. The Labute approximate surface area is 171 Å². The molecule has 0 bridgehead atoms. The molecule has 1 saturated heterocycles. The molecule has 3 rings (SSSR count). The Bertz CT molecular complexity index is 828. The van der Waals surface area contributed by atoms with Crippen LogP contribution in [0.15, 0.2) is 34.0 Å². The predicted octanol–water partition coefficient (Wildman–Crippen LogP) is 3.41. The Balaban J connectivity index is 1.48. The minimum absolute atomic E-state index is 0.0570. The molecule has 0 spiro atoms. The summed E-state index contributed by atoms with van der Waals surface area (Å²) >= 11 is 2.77. The fourth-order valence-electron chi connectivity index (χ4n) is 3.15. The van der Waals surface area contributed by atoms with E-state index in [0.29, 0.717) is 29.6 Å². The molecule has 9 heteroatoms. The highest BCUT2D eigenvalue weighted by atomic mass is 32.2. The molecule has 1 fully saturated rings. The van der Waals surface area contributed by atoms with Crippen LogP contribution in [-0.2, 0) is 4.79 Å². The van der Waals surface area contributed by atoms with E-state index in [1.54, 1.807) is 12.1 Å². The summed E-state index contributed by atoms with van der Waals surface area (Å²) in [6.07, 6.45) is 1.36. The normalized spacial score (nSPS) is 17.9. The Morgan fingerprint density at radius 2 is 2.21 bits per heavy atom. The Kier molecular flexibility index (Phi) is 7.03. The lowest BCUT2D eigenvalue weighted by Crippen LogP contribution is -2.41. The smallest absolute Gasteiger partial charge is 0.355 e. The van der Waals surface area contributed by atoms with Gasteiger partial charge in [0.15, 0.2) is 10.0 Å². The zero-order valence-corrected chi connectivity index (χ0v) is 17.1.